The molecule has 6 heteroatoms. The van der Waals surface area contributed by atoms with Crippen LogP contribution in [0.4, 0.5) is 17.3 Å². The first kappa shape index (κ1) is 12.9. The summed E-state index contributed by atoms with van der Waals surface area (Å²) in [7, 11) is 0. The van der Waals surface area contributed by atoms with Crippen molar-refractivity contribution in [3.8, 4) is 0 Å². The molecule has 1 aromatic carbocycles. The zero-order valence-electron chi connectivity index (χ0n) is 9.74. The molecule has 0 spiro atoms. The van der Waals surface area contributed by atoms with Gasteiger partial charge in [-0.25, -0.2) is 4.98 Å². The van der Waals surface area contributed by atoms with Gasteiger partial charge in [-0.15, -0.1) is 0 Å². The Morgan fingerprint density at radius 1 is 1.17 bits per heavy atom. The summed E-state index contributed by atoms with van der Waals surface area (Å²) in [4.78, 5) is 8.43. The molecule has 1 heterocycles. The number of rotatable bonds is 4. The first-order chi connectivity index (χ1) is 8.70. The van der Waals surface area contributed by atoms with Crippen LogP contribution < -0.4 is 10.6 Å². The molecule has 2 rings (SSSR count). The van der Waals surface area contributed by atoms with Gasteiger partial charge in [-0.2, -0.15) is 0 Å². The van der Waals surface area contributed by atoms with Crippen LogP contribution in [0.3, 0.4) is 0 Å². The second-order valence-corrected chi connectivity index (χ2v) is 4.33. The van der Waals surface area contributed by atoms with Gasteiger partial charge in [0.2, 0.25) is 0 Å². The smallest absolute Gasteiger partial charge is 0.151 e. The maximum Gasteiger partial charge on any atom is 0.151 e. The lowest BCUT2D eigenvalue weighted by Gasteiger charge is -2.09. The predicted octanol–water partition coefficient (Wildman–Crippen LogP) is 3.96. The van der Waals surface area contributed by atoms with Crippen LogP contribution in [-0.4, -0.2) is 16.5 Å². The molecule has 1 aromatic heterocycles. The topological polar surface area (TPSA) is 49.8 Å². The molecule has 0 aliphatic heterocycles. The molecule has 0 aliphatic rings. The molecular weight excluding hydrogens is 271 g/mol. The minimum absolute atomic E-state index is 0.467. The normalized spacial score (nSPS) is 10.2. The average Bonchev–Trinajstić information content (AvgIpc) is 2.36. The third-order valence-corrected chi connectivity index (χ3v) is 3.03. The zero-order valence-corrected chi connectivity index (χ0v) is 11.3. The quantitative estimate of drug-likeness (QED) is 0.891. The van der Waals surface area contributed by atoms with Crippen molar-refractivity contribution in [3.63, 3.8) is 0 Å². The van der Waals surface area contributed by atoms with Crippen molar-refractivity contribution in [3.05, 3.63) is 40.6 Å². The summed E-state index contributed by atoms with van der Waals surface area (Å²) in [6, 6.07) is 5.38. The molecule has 18 heavy (non-hydrogen) atoms. The molecule has 0 aliphatic carbocycles. The van der Waals surface area contributed by atoms with E-state index in [2.05, 4.69) is 20.6 Å². The maximum absolute atomic E-state index is 6.09. The van der Waals surface area contributed by atoms with Crippen molar-refractivity contribution >= 4 is 40.5 Å². The molecule has 0 saturated heterocycles. The molecular formula is C12H12Cl2N4. The van der Waals surface area contributed by atoms with Crippen molar-refractivity contribution < 1.29 is 0 Å². The van der Waals surface area contributed by atoms with Crippen LogP contribution in [0.2, 0.25) is 10.0 Å². The van der Waals surface area contributed by atoms with Gasteiger partial charge in [-0.3, -0.25) is 4.98 Å². The number of aromatic nitrogens is 2. The molecule has 0 fully saturated rings. The molecule has 0 bridgehead atoms. The molecule has 2 aromatic rings. The Bertz CT molecular complexity index is 545. The lowest BCUT2D eigenvalue weighted by atomic mass is 10.3. The van der Waals surface area contributed by atoms with Crippen LogP contribution in [0.5, 0.6) is 0 Å². The van der Waals surface area contributed by atoms with Gasteiger partial charge in [0.05, 0.1) is 28.1 Å². The Hall–Kier alpha value is -1.52. The monoisotopic (exact) mass is 282 g/mol. The average molecular weight is 283 g/mol. The largest absolute Gasteiger partial charge is 0.369 e. The van der Waals surface area contributed by atoms with E-state index in [1.807, 2.05) is 19.1 Å². The maximum atomic E-state index is 6.09. The third-order valence-electron chi connectivity index (χ3n) is 2.21. The van der Waals surface area contributed by atoms with Gasteiger partial charge in [0.15, 0.2) is 5.82 Å². The van der Waals surface area contributed by atoms with Crippen molar-refractivity contribution in [2.45, 2.75) is 6.92 Å². The summed E-state index contributed by atoms with van der Waals surface area (Å²) < 4.78 is 0. The number of anilines is 3. The highest BCUT2D eigenvalue weighted by Gasteiger charge is 2.05. The molecule has 0 saturated carbocycles. The number of hydrogen-bond acceptors (Lipinski definition) is 4. The minimum Gasteiger partial charge on any atom is -0.369 e. The Morgan fingerprint density at radius 2 is 1.94 bits per heavy atom. The third kappa shape index (κ3) is 3.03. The SMILES string of the molecule is CCNc1cncc(Nc2cccc(Cl)c2Cl)n1. The summed E-state index contributed by atoms with van der Waals surface area (Å²) >= 11 is 12.0. The van der Waals surface area contributed by atoms with Gasteiger partial charge in [0.25, 0.3) is 0 Å². The molecule has 94 valence electrons. The van der Waals surface area contributed by atoms with E-state index < -0.39 is 0 Å². The lowest BCUT2D eigenvalue weighted by Crippen LogP contribution is -2.02. The van der Waals surface area contributed by atoms with Crippen molar-refractivity contribution in [1.82, 2.24) is 9.97 Å². The highest BCUT2D eigenvalue weighted by Crippen LogP contribution is 2.31. The van der Waals surface area contributed by atoms with Crippen LogP contribution >= 0.6 is 23.2 Å². The molecule has 0 amide bonds. The van der Waals surface area contributed by atoms with E-state index in [0.29, 0.717) is 27.4 Å². The van der Waals surface area contributed by atoms with Gasteiger partial charge in [0.1, 0.15) is 5.82 Å². The summed E-state index contributed by atoms with van der Waals surface area (Å²) in [5.74, 6) is 1.32. The number of hydrogen-bond donors (Lipinski definition) is 2. The van der Waals surface area contributed by atoms with Crippen molar-refractivity contribution in [2.24, 2.45) is 0 Å². The van der Waals surface area contributed by atoms with Gasteiger partial charge in [-0.1, -0.05) is 29.3 Å². The second kappa shape index (κ2) is 5.89. The predicted molar refractivity (Wildman–Crippen MR) is 75.9 cm³/mol. The fourth-order valence-electron chi connectivity index (χ4n) is 1.43. The number of halogens is 2. The number of benzene rings is 1. The van der Waals surface area contributed by atoms with Gasteiger partial charge >= 0.3 is 0 Å². The van der Waals surface area contributed by atoms with Gasteiger partial charge in [0, 0.05) is 6.54 Å². The van der Waals surface area contributed by atoms with Gasteiger partial charge in [-0.05, 0) is 19.1 Å². The van der Waals surface area contributed by atoms with Gasteiger partial charge < -0.3 is 10.6 Å². The highest BCUT2D eigenvalue weighted by molar-refractivity contribution is 6.43. The van der Waals surface area contributed by atoms with Crippen molar-refractivity contribution in [1.29, 1.82) is 0 Å². The summed E-state index contributed by atoms with van der Waals surface area (Å²) in [5.41, 5.74) is 0.701. The summed E-state index contributed by atoms with van der Waals surface area (Å²) in [6.07, 6.45) is 3.28. The molecule has 0 atom stereocenters. The second-order valence-electron chi connectivity index (χ2n) is 3.55. The van der Waals surface area contributed by atoms with Crippen LogP contribution in [0, 0.1) is 0 Å². The Kier molecular flexibility index (Phi) is 4.23. The minimum atomic E-state index is 0.467. The number of nitrogens with zero attached hydrogens (tertiary/aromatic N) is 2. The lowest BCUT2D eigenvalue weighted by molar-refractivity contribution is 1.12. The molecule has 2 N–H and O–H groups in total. The first-order valence-electron chi connectivity index (χ1n) is 5.47. The number of nitrogens with one attached hydrogen (secondary N) is 2. The Balaban J connectivity index is 2.23. The summed E-state index contributed by atoms with van der Waals surface area (Å²) in [6.45, 7) is 2.78. The van der Waals surface area contributed by atoms with E-state index in [4.69, 9.17) is 23.2 Å². The summed E-state index contributed by atoms with van der Waals surface area (Å²) in [5, 5.41) is 7.13. The molecule has 0 unspecified atom stereocenters. The van der Waals surface area contributed by atoms with E-state index in [-0.39, 0.29) is 0 Å². The van der Waals surface area contributed by atoms with E-state index in [9.17, 15) is 0 Å². The van der Waals surface area contributed by atoms with Crippen molar-refractivity contribution in [2.75, 3.05) is 17.2 Å². The standard InChI is InChI=1S/C12H12Cl2N4/c1-2-16-10-6-15-7-11(18-10)17-9-5-3-4-8(13)12(9)14/h3-7H,2H2,1H3,(H2,16,17,18). The van der Waals surface area contributed by atoms with Crippen LogP contribution in [0.15, 0.2) is 30.6 Å². The van der Waals surface area contributed by atoms with E-state index in [1.165, 1.54) is 0 Å². The van der Waals surface area contributed by atoms with Crippen LogP contribution in [0.1, 0.15) is 6.92 Å². The molecule has 4 nitrogen and oxygen atoms in total. The van der Waals surface area contributed by atoms with E-state index in [1.54, 1.807) is 18.5 Å². The van der Waals surface area contributed by atoms with Crippen LogP contribution in [-0.2, 0) is 0 Å². The van der Waals surface area contributed by atoms with Crippen LogP contribution in [0.25, 0.3) is 0 Å². The fourth-order valence-corrected chi connectivity index (χ4v) is 1.78. The highest BCUT2D eigenvalue weighted by atomic mass is 35.5. The Morgan fingerprint density at radius 3 is 2.72 bits per heavy atom. The van der Waals surface area contributed by atoms with E-state index >= 15 is 0 Å². The fraction of sp³-hybridized carbons (Fsp3) is 0.167. The van der Waals surface area contributed by atoms with E-state index in [0.717, 1.165) is 6.54 Å². The molecule has 0 radical (unpaired) electrons. The first-order valence-corrected chi connectivity index (χ1v) is 6.23. The Labute approximate surface area is 115 Å². The zero-order chi connectivity index (χ0) is 13.0.